The van der Waals surface area contributed by atoms with Gasteiger partial charge in [0.2, 0.25) is 0 Å². The number of nitrogens with zero attached hydrogens (tertiary/aromatic N) is 2. The smallest absolute Gasteiger partial charge is 0.183 e. The summed E-state index contributed by atoms with van der Waals surface area (Å²) in [5.74, 6) is 0. The van der Waals surface area contributed by atoms with Crippen molar-refractivity contribution in [2.45, 2.75) is 50.7 Å². The van der Waals surface area contributed by atoms with Gasteiger partial charge in [0.1, 0.15) is 0 Å². The summed E-state index contributed by atoms with van der Waals surface area (Å²) in [6, 6.07) is 1.68. The van der Waals surface area contributed by atoms with Gasteiger partial charge in [-0.25, -0.2) is 4.98 Å². The zero-order valence-corrected chi connectivity index (χ0v) is 10.2. The molecular weight excluding hydrogens is 228 g/mol. The van der Waals surface area contributed by atoms with Crippen LogP contribution in [0.25, 0.3) is 0 Å². The highest BCUT2D eigenvalue weighted by Crippen LogP contribution is 2.37. The first-order valence-corrected chi connectivity index (χ1v) is 6.88. The van der Waals surface area contributed by atoms with E-state index >= 15 is 0 Å². The van der Waals surface area contributed by atoms with E-state index in [0.717, 1.165) is 18.6 Å². The SMILES string of the molecule is Clc1ncc(CN2C3CCCC2CC3)s1. The van der Waals surface area contributed by atoms with Gasteiger partial charge in [-0.3, -0.25) is 4.90 Å². The Kier molecular flexibility index (Phi) is 2.71. The minimum Gasteiger partial charge on any atom is -0.292 e. The zero-order valence-electron chi connectivity index (χ0n) is 8.66. The molecule has 2 nitrogen and oxygen atoms in total. The standard InChI is InChI=1S/C11H15ClN2S/c12-11-13-6-10(15-11)7-14-8-2-1-3-9(14)5-4-8/h6,8-9H,1-5,7H2. The zero-order chi connectivity index (χ0) is 10.3. The molecule has 2 fully saturated rings. The lowest BCUT2D eigenvalue weighted by Gasteiger charge is -2.34. The van der Waals surface area contributed by atoms with Gasteiger partial charge in [0.25, 0.3) is 0 Å². The third-order valence-electron chi connectivity index (χ3n) is 3.71. The summed E-state index contributed by atoms with van der Waals surface area (Å²) in [5.41, 5.74) is 0. The Morgan fingerprint density at radius 3 is 2.67 bits per heavy atom. The highest BCUT2D eigenvalue weighted by atomic mass is 35.5. The summed E-state index contributed by atoms with van der Waals surface area (Å²) in [6.45, 7) is 1.07. The van der Waals surface area contributed by atoms with E-state index in [1.807, 2.05) is 6.20 Å². The van der Waals surface area contributed by atoms with Gasteiger partial charge < -0.3 is 0 Å². The van der Waals surface area contributed by atoms with Gasteiger partial charge in [-0.05, 0) is 25.7 Å². The van der Waals surface area contributed by atoms with Gasteiger partial charge in [-0.2, -0.15) is 0 Å². The topological polar surface area (TPSA) is 16.1 Å². The Hall–Kier alpha value is -0.120. The molecule has 2 unspecified atom stereocenters. The van der Waals surface area contributed by atoms with Crippen LogP contribution in [0.3, 0.4) is 0 Å². The lowest BCUT2D eigenvalue weighted by Crippen LogP contribution is -2.38. The van der Waals surface area contributed by atoms with E-state index in [4.69, 9.17) is 11.6 Å². The molecule has 2 atom stereocenters. The monoisotopic (exact) mass is 242 g/mol. The molecule has 0 N–H and O–H groups in total. The first-order valence-electron chi connectivity index (χ1n) is 5.69. The van der Waals surface area contributed by atoms with Crippen LogP contribution in [-0.4, -0.2) is 22.0 Å². The van der Waals surface area contributed by atoms with Gasteiger partial charge in [-0.15, -0.1) is 11.3 Å². The van der Waals surface area contributed by atoms with E-state index in [-0.39, 0.29) is 0 Å². The van der Waals surface area contributed by atoms with E-state index in [2.05, 4.69) is 9.88 Å². The first kappa shape index (κ1) is 10.1. The predicted octanol–water partition coefficient (Wildman–Crippen LogP) is 3.31. The van der Waals surface area contributed by atoms with Crippen molar-refractivity contribution in [1.29, 1.82) is 0 Å². The Labute approximate surface area is 99.3 Å². The van der Waals surface area contributed by atoms with Gasteiger partial charge >= 0.3 is 0 Å². The molecule has 4 heteroatoms. The summed E-state index contributed by atoms with van der Waals surface area (Å²) in [7, 11) is 0. The highest BCUT2D eigenvalue weighted by molar-refractivity contribution is 7.15. The Morgan fingerprint density at radius 2 is 2.07 bits per heavy atom. The fourth-order valence-corrected chi connectivity index (χ4v) is 4.01. The lowest BCUT2D eigenvalue weighted by molar-refractivity contribution is 0.133. The molecule has 0 radical (unpaired) electrons. The molecule has 0 aromatic carbocycles. The van der Waals surface area contributed by atoms with Gasteiger partial charge in [0.15, 0.2) is 4.47 Å². The molecule has 0 amide bonds. The number of rotatable bonds is 2. The van der Waals surface area contributed by atoms with Crippen molar-refractivity contribution in [2.24, 2.45) is 0 Å². The van der Waals surface area contributed by atoms with Gasteiger partial charge in [0, 0.05) is 29.7 Å². The highest BCUT2D eigenvalue weighted by Gasteiger charge is 2.36. The molecule has 1 aromatic rings. The molecule has 3 heterocycles. The third-order valence-corrected chi connectivity index (χ3v) is 4.81. The molecule has 2 aliphatic rings. The van der Waals surface area contributed by atoms with E-state index in [0.29, 0.717) is 4.47 Å². The van der Waals surface area contributed by atoms with E-state index < -0.39 is 0 Å². The number of thiazole rings is 1. The van der Waals surface area contributed by atoms with Crippen LogP contribution in [0.4, 0.5) is 0 Å². The van der Waals surface area contributed by atoms with E-state index in [1.54, 1.807) is 11.3 Å². The molecule has 0 saturated carbocycles. The van der Waals surface area contributed by atoms with E-state index in [1.165, 1.54) is 37.0 Å². The van der Waals surface area contributed by atoms with Gasteiger partial charge in [-0.1, -0.05) is 18.0 Å². The first-order chi connectivity index (χ1) is 7.33. The van der Waals surface area contributed by atoms with Crippen LogP contribution in [0.5, 0.6) is 0 Å². The van der Waals surface area contributed by atoms with Crippen LogP contribution in [0.15, 0.2) is 6.20 Å². The number of piperidine rings is 1. The predicted molar refractivity (Wildman–Crippen MR) is 63.3 cm³/mol. The normalized spacial score (nSPS) is 31.0. The van der Waals surface area contributed by atoms with Crippen LogP contribution >= 0.6 is 22.9 Å². The van der Waals surface area contributed by atoms with Crippen LogP contribution in [0.1, 0.15) is 37.0 Å². The number of fused-ring (bicyclic) bond motifs is 2. The lowest BCUT2D eigenvalue weighted by atomic mass is 10.0. The molecule has 2 saturated heterocycles. The van der Waals surface area contributed by atoms with Gasteiger partial charge in [0.05, 0.1) is 0 Å². The van der Waals surface area contributed by atoms with Crippen LogP contribution < -0.4 is 0 Å². The average molecular weight is 243 g/mol. The van der Waals surface area contributed by atoms with E-state index in [9.17, 15) is 0 Å². The number of hydrogen-bond acceptors (Lipinski definition) is 3. The number of halogens is 1. The largest absolute Gasteiger partial charge is 0.292 e. The molecule has 1 aromatic heterocycles. The summed E-state index contributed by atoms with van der Waals surface area (Å²) < 4.78 is 0.675. The maximum Gasteiger partial charge on any atom is 0.183 e. The van der Waals surface area contributed by atoms with Crippen molar-refractivity contribution in [3.05, 3.63) is 15.5 Å². The maximum atomic E-state index is 5.86. The fourth-order valence-electron chi connectivity index (χ4n) is 3.02. The second-order valence-corrected chi connectivity index (χ2v) is 6.27. The number of hydrogen-bond donors (Lipinski definition) is 0. The van der Waals surface area contributed by atoms with Crippen LogP contribution in [0, 0.1) is 0 Å². The molecule has 2 aliphatic heterocycles. The van der Waals surface area contributed by atoms with Crippen molar-refractivity contribution in [3.63, 3.8) is 0 Å². The minimum atomic E-state index is 0.675. The van der Waals surface area contributed by atoms with Crippen molar-refractivity contribution < 1.29 is 0 Å². The van der Waals surface area contributed by atoms with Crippen molar-refractivity contribution >= 4 is 22.9 Å². The summed E-state index contributed by atoms with van der Waals surface area (Å²) >= 11 is 7.48. The molecule has 2 bridgehead atoms. The molecule has 0 spiro atoms. The van der Waals surface area contributed by atoms with Crippen molar-refractivity contribution in [2.75, 3.05) is 0 Å². The van der Waals surface area contributed by atoms with Crippen molar-refractivity contribution in [3.8, 4) is 0 Å². The molecular formula is C11H15ClN2S. The third kappa shape index (κ3) is 1.93. The van der Waals surface area contributed by atoms with Crippen LogP contribution in [0.2, 0.25) is 4.47 Å². The Bertz CT molecular complexity index is 336. The average Bonchev–Trinajstić information content (AvgIpc) is 2.71. The molecule has 82 valence electrons. The molecule has 15 heavy (non-hydrogen) atoms. The number of aromatic nitrogens is 1. The minimum absolute atomic E-state index is 0.675. The second kappa shape index (κ2) is 4.04. The Morgan fingerprint density at radius 1 is 1.33 bits per heavy atom. The Balaban J connectivity index is 1.73. The second-order valence-electron chi connectivity index (χ2n) is 4.57. The van der Waals surface area contributed by atoms with Crippen molar-refractivity contribution in [1.82, 2.24) is 9.88 Å². The molecule has 3 rings (SSSR count). The maximum absolute atomic E-state index is 5.86. The molecule has 0 aliphatic carbocycles. The summed E-state index contributed by atoms with van der Waals surface area (Å²) in [6.07, 6.45) is 8.94. The fraction of sp³-hybridized carbons (Fsp3) is 0.727. The summed E-state index contributed by atoms with van der Waals surface area (Å²) in [4.78, 5) is 8.10. The van der Waals surface area contributed by atoms with Crippen LogP contribution in [-0.2, 0) is 6.54 Å². The summed E-state index contributed by atoms with van der Waals surface area (Å²) in [5, 5.41) is 0. The quantitative estimate of drug-likeness (QED) is 0.791.